The van der Waals surface area contributed by atoms with E-state index in [0.717, 1.165) is 10.0 Å². The SMILES string of the molecule is CCS(=O)(=O)Oc1cccc(CN(CCOC)C(=O)c2ccc(Br)cc2)c1. The van der Waals surface area contributed by atoms with Gasteiger partial charge < -0.3 is 13.8 Å². The van der Waals surface area contributed by atoms with Crippen LogP contribution in [0, 0.1) is 0 Å². The van der Waals surface area contributed by atoms with Gasteiger partial charge >= 0.3 is 10.1 Å². The lowest BCUT2D eigenvalue weighted by atomic mass is 10.1. The van der Waals surface area contributed by atoms with Crippen LogP contribution in [0.15, 0.2) is 53.0 Å². The van der Waals surface area contributed by atoms with Gasteiger partial charge in [-0.25, -0.2) is 0 Å². The maximum absolute atomic E-state index is 12.9. The minimum atomic E-state index is -3.60. The second-order valence-electron chi connectivity index (χ2n) is 5.80. The van der Waals surface area contributed by atoms with Crippen molar-refractivity contribution in [3.05, 3.63) is 64.1 Å². The van der Waals surface area contributed by atoms with Crippen LogP contribution in [0.25, 0.3) is 0 Å². The van der Waals surface area contributed by atoms with Crippen molar-refractivity contribution < 1.29 is 22.1 Å². The molecule has 146 valence electrons. The summed E-state index contributed by atoms with van der Waals surface area (Å²) in [5.41, 5.74) is 1.33. The van der Waals surface area contributed by atoms with Gasteiger partial charge in [-0.15, -0.1) is 0 Å². The molecule has 0 heterocycles. The molecule has 2 aromatic carbocycles. The molecule has 0 aromatic heterocycles. The highest BCUT2D eigenvalue weighted by Gasteiger charge is 2.17. The molecule has 0 aliphatic rings. The third kappa shape index (κ3) is 6.64. The molecule has 0 fully saturated rings. The Morgan fingerprint density at radius 3 is 2.48 bits per heavy atom. The van der Waals surface area contributed by atoms with Crippen LogP contribution in [0.4, 0.5) is 0 Å². The highest BCUT2D eigenvalue weighted by molar-refractivity contribution is 9.10. The summed E-state index contributed by atoms with van der Waals surface area (Å²) in [7, 11) is -2.02. The largest absolute Gasteiger partial charge is 0.383 e. The molecule has 27 heavy (non-hydrogen) atoms. The van der Waals surface area contributed by atoms with Crippen molar-refractivity contribution in [2.75, 3.05) is 26.0 Å². The summed E-state index contributed by atoms with van der Waals surface area (Å²) in [6.07, 6.45) is 0. The maximum atomic E-state index is 12.9. The van der Waals surface area contributed by atoms with E-state index in [1.54, 1.807) is 42.3 Å². The molecular weight excluding hydrogens is 434 g/mol. The smallest absolute Gasteiger partial charge is 0.308 e. The number of carbonyl (C=O) groups is 1. The zero-order chi connectivity index (χ0) is 19.9. The first-order chi connectivity index (χ1) is 12.8. The number of amides is 1. The molecular formula is C19H22BrNO5S. The first-order valence-corrected chi connectivity index (χ1v) is 10.8. The van der Waals surface area contributed by atoms with Crippen LogP contribution in [0.1, 0.15) is 22.8 Å². The Morgan fingerprint density at radius 2 is 1.85 bits per heavy atom. The lowest BCUT2D eigenvalue weighted by Crippen LogP contribution is -2.33. The van der Waals surface area contributed by atoms with E-state index in [2.05, 4.69) is 15.9 Å². The van der Waals surface area contributed by atoms with Crippen molar-refractivity contribution in [1.29, 1.82) is 0 Å². The molecule has 0 saturated heterocycles. The van der Waals surface area contributed by atoms with Gasteiger partial charge in [-0.1, -0.05) is 28.1 Å². The highest BCUT2D eigenvalue weighted by Crippen LogP contribution is 2.19. The fourth-order valence-electron chi connectivity index (χ4n) is 2.35. The number of carbonyl (C=O) groups excluding carboxylic acids is 1. The highest BCUT2D eigenvalue weighted by atomic mass is 79.9. The first-order valence-electron chi connectivity index (χ1n) is 8.39. The summed E-state index contributed by atoms with van der Waals surface area (Å²) < 4.78 is 34.4. The van der Waals surface area contributed by atoms with E-state index in [0.29, 0.717) is 25.3 Å². The summed E-state index contributed by atoms with van der Waals surface area (Å²) in [5.74, 6) is -0.0108. The molecule has 0 aliphatic heterocycles. The predicted octanol–water partition coefficient (Wildman–Crippen LogP) is 3.47. The van der Waals surface area contributed by atoms with E-state index in [1.165, 1.54) is 6.92 Å². The van der Waals surface area contributed by atoms with Crippen molar-refractivity contribution in [3.63, 3.8) is 0 Å². The van der Waals surface area contributed by atoms with E-state index in [-0.39, 0.29) is 17.4 Å². The average molecular weight is 456 g/mol. The van der Waals surface area contributed by atoms with Gasteiger partial charge in [-0.2, -0.15) is 8.42 Å². The van der Waals surface area contributed by atoms with Gasteiger partial charge in [0.05, 0.1) is 12.4 Å². The molecule has 0 radical (unpaired) electrons. The molecule has 6 nitrogen and oxygen atoms in total. The number of hydrogen-bond acceptors (Lipinski definition) is 5. The normalized spacial score (nSPS) is 11.2. The first kappa shape index (κ1) is 21.4. The van der Waals surface area contributed by atoms with Crippen molar-refractivity contribution in [2.45, 2.75) is 13.5 Å². The molecule has 0 saturated carbocycles. The standard InChI is InChI=1S/C19H22BrNO5S/c1-3-27(23,24)26-18-6-4-5-15(13-18)14-21(11-12-25-2)19(22)16-7-9-17(20)10-8-16/h4-10,13H,3,11-12,14H2,1-2H3. The molecule has 8 heteroatoms. The Kier molecular flexibility index (Phi) is 7.82. The Labute approximate surface area is 168 Å². The van der Waals surface area contributed by atoms with E-state index in [1.807, 2.05) is 18.2 Å². The minimum absolute atomic E-state index is 0.112. The van der Waals surface area contributed by atoms with Crippen LogP contribution in [-0.4, -0.2) is 45.2 Å². The van der Waals surface area contributed by atoms with Crippen molar-refractivity contribution in [1.82, 2.24) is 4.90 Å². The van der Waals surface area contributed by atoms with E-state index >= 15 is 0 Å². The van der Waals surface area contributed by atoms with E-state index in [9.17, 15) is 13.2 Å². The molecule has 0 aliphatic carbocycles. The molecule has 2 aromatic rings. The second-order valence-corrected chi connectivity index (χ2v) is 8.58. The van der Waals surface area contributed by atoms with Crippen LogP contribution >= 0.6 is 15.9 Å². The molecule has 1 amide bonds. The molecule has 0 unspecified atom stereocenters. The Hall–Kier alpha value is -1.90. The van der Waals surface area contributed by atoms with Gasteiger partial charge in [-0.3, -0.25) is 4.79 Å². The molecule has 2 rings (SSSR count). The van der Waals surface area contributed by atoms with Crippen LogP contribution in [0.2, 0.25) is 0 Å². The quantitative estimate of drug-likeness (QED) is 0.541. The number of rotatable bonds is 9. The molecule has 0 atom stereocenters. The summed E-state index contributed by atoms with van der Waals surface area (Å²) in [6, 6.07) is 13.8. The minimum Gasteiger partial charge on any atom is -0.383 e. The lowest BCUT2D eigenvalue weighted by molar-refractivity contribution is 0.0680. The van der Waals surface area contributed by atoms with Crippen LogP contribution in [0.3, 0.4) is 0 Å². The summed E-state index contributed by atoms with van der Waals surface area (Å²) in [5, 5.41) is 0. The van der Waals surface area contributed by atoms with E-state index < -0.39 is 10.1 Å². The van der Waals surface area contributed by atoms with Crippen LogP contribution < -0.4 is 4.18 Å². The van der Waals surface area contributed by atoms with Gasteiger partial charge in [0, 0.05) is 30.2 Å². The monoisotopic (exact) mass is 455 g/mol. The zero-order valence-electron chi connectivity index (χ0n) is 15.2. The molecule has 0 bridgehead atoms. The predicted molar refractivity (Wildman–Crippen MR) is 107 cm³/mol. The van der Waals surface area contributed by atoms with Crippen molar-refractivity contribution >= 4 is 32.0 Å². The third-order valence-corrected chi connectivity index (χ3v) is 5.47. The number of halogens is 1. The summed E-state index contributed by atoms with van der Waals surface area (Å²) in [4.78, 5) is 14.5. The zero-order valence-corrected chi connectivity index (χ0v) is 17.6. The number of methoxy groups -OCH3 is 1. The van der Waals surface area contributed by atoms with E-state index in [4.69, 9.17) is 8.92 Å². The third-order valence-electron chi connectivity index (χ3n) is 3.79. The van der Waals surface area contributed by atoms with Crippen LogP contribution in [-0.2, 0) is 21.4 Å². The number of ether oxygens (including phenoxy) is 1. The Bertz CT molecular complexity index is 868. The topological polar surface area (TPSA) is 72.9 Å². The van der Waals surface area contributed by atoms with Crippen molar-refractivity contribution in [2.24, 2.45) is 0 Å². The summed E-state index contributed by atoms with van der Waals surface area (Å²) >= 11 is 3.36. The van der Waals surface area contributed by atoms with Gasteiger partial charge in [-0.05, 0) is 48.9 Å². The number of benzene rings is 2. The number of nitrogens with zero attached hydrogens (tertiary/aromatic N) is 1. The molecule has 0 spiro atoms. The molecule has 0 N–H and O–H groups in total. The Morgan fingerprint density at radius 1 is 1.15 bits per heavy atom. The van der Waals surface area contributed by atoms with Crippen LogP contribution in [0.5, 0.6) is 5.75 Å². The fraction of sp³-hybridized carbons (Fsp3) is 0.316. The van der Waals surface area contributed by atoms with Gasteiger partial charge in [0.15, 0.2) is 0 Å². The average Bonchev–Trinajstić information content (AvgIpc) is 2.65. The van der Waals surface area contributed by atoms with Gasteiger partial charge in [0.1, 0.15) is 5.75 Å². The second kappa shape index (κ2) is 9.87. The van der Waals surface area contributed by atoms with Crippen molar-refractivity contribution in [3.8, 4) is 5.75 Å². The van der Waals surface area contributed by atoms with Gasteiger partial charge in [0.25, 0.3) is 5.91 Å². The van der Waals surface area contributed by atoms with Gasteiger partial charge in [0.2, 0.25) is 0 Å². The lowest BCUT2D eigenvalue weighted by Gasteiger charge is -2.23. The maximum Gasteiger partial charge on any atom is 0.308 e. The number of hydrogen-bond donors (Lipinski definition) is 0. The fourth-order valence-corrected chi connectivity index (χ4v) is 3.13. The Balaban J connectivity index is 2.20. The summed E-state index contributed by atoms with van der Waals surface area (Å²) in [6.45, 7) is 2.62.